The first-order valence-electron chi connectivity index (χ1n) is 10.7. The second-order valence-electron chi connectivity index (χ2n) is 8.20. The zero-order chi connectivity index (χ0) is 21.2. The molecular weight excluding hydrogens is 408 g/mol. The topological polar surface area (TPSA) is 48.5 Å². The minimum atomic E-state index is -0.110. The summed E-state index contributed by atoms with van der Waals surface area (Å²) in [6.45, 7) is 3.10. The number of halogens is 1. The van der Waals surface area contributed by atoms with E-state index < -0.39 is 0 Å². The van der Waals surface area contributed by atoms with Crippen molar-refractivity contribution >= 4 is 28.9 Å². The maximum Gasteiger partial charge on any atom is 0.225 e. The van der Waals surface area contributed by atoms with Crippen molar-refractivity contribution in [1.82, 2.24) is 10.3 Å². The Bertz CT molecular complexity index is 1060. The molecule has 1 aromatic heterocycles. The molecular formula is C25H25ClN4O. The van der Waals surface area contributed by atoms with Crippen molar-refractivity contribution in [3.05, 3.63) is 89.2 Å². The second-order valence-corrected chi connectivity index (χ2v) is 8.64. The molecule has 1 saturated heterocycles. The van der Waals surface area contributed by atoms with Gasteiger partial charge < -0.3 is 15.1 Å². The molecule has 5 nitrogen and oxygen atoms in total. The molecule has 3 aromatic rings. The normalized spacial score (nSPS) is 20.0. The number of aromatic nitrogens is 1. The van der Waals surface area contributed by atoms with Gasteiger partial charge in [-0.3, -0.25) is 9.78 Å². The monoisotopic (exact) mass is 432 g/mol. The van der Waals surface area contributed by atoms with Crippen molar-refractivity contribution < 1.29 is 4.79 Å². The van der Waals surface area contributed by atoms with E-state index in [1.165, 1.54) is 11.3 Å². The van der Waals surface area contributed by atoms with Gasteiger partial charge in [0.05, 0.1) is 12.0 Å². The van der Waals surface area contributed by atoms with E-state index in [1.54, 1.807) is 12.4 Å². The Morgan fingerprint density at radius 2 is 1.90 bits per heavy atom. The molecule has 1 N–H and O–H groups in total. The standard InChI is InChI=1S/C25H25ClN4O/c26-20-7-9-21(10-8-20)29-12-13-30-23-6-2-1-5-19(23)14-22(24(30)17-29)25(31)28-16-18-4-3-11-27-15-18/h1-11,15,22,24H,12-14,16-17H2,(H,28,31)/t22-,24-/m1/s1. The molecule has 5 rings (SSSR count). The first kappa shape index (κ1) is 19.9. The van der Waals surface area contributed by atoms with Crippen LogP contribution in [0.2, 0.25) is 5.02 Å². The summed E-state index contributed by atoms with van der Waals surface area (Å²) in [6.07, 6.45) is 4.30. The molecule has 31 heavy (non-hydrogen) atoms. The summed E-state index contributed by atoms with van der Waals surface area (Å²) in [5.41, 5.74) is 4.67. The number of piperazine rings is 1. The largest absolute Gasteiger partial charge is 0.368 e. The predicted molar refractivity (Wildman–Crippen MR) is 125 cm³/mol. The van der Waals surface area contributed by atoms with Crippen LogP contribution in [0.4, 0.5) is 11.4 Å². The number of carbonyl (C=O) groups is 1. The molecule has 0 unspecified atom stereocenters. The number of para-hydroxylation sites is 1. The molecule has 0 aliphatic carbocycles. The Balaban J connectivity index is 1.39. The third kappa shape index (κ3) is 4.10. The van der Waals surface area contributed by atoms with E-state index in [4.69, 9.17) is 11.6 Å². The molecule has 1 amide bonds. The van der Waals surface area contributed by atoms with Gasteiger partial charge in [0.1, 0.15) is 0 Å². The van der Waals surface area contributed by atoms with Crippen LogP contribution in [-0.4, -0.2) is 36.6 Å². The molecule has 2 atom stereocenters. The van der Waals surface area contributed by atoms with Gasteiger partial charge in [-0.2, -0.15) is 0 Å². The van der Waals surface area contributed by atoms with Crippen LogP contribution in [0.3, 0.4) is 0 Å². The van der Waals surface area contributed by atoms with Crippen LogP contribution in [0.5, 0.6) is 0 Å². The van der Waals surface area contributed by atoms with Gasteiger partial charge in [-0.25, -0.2) is 0 Å². The number of carbonyl (C=O) groups excluding carboxylic acids is 1. The van der Waals surface area contributed by atoms with Gasteiger partial charge >= 0.3 is 0 Å². The van der Waals surface area contributed by atoms with Crippen LogP contribution in [0.1, 0.15) is 11.1 Å². The van der Waals surface area contributed by atoms with E-state index in [1.807, 2.05) is 24.3 Å². The Labute approximate surface area is 187 Å². The minimum absolute atomic E-state index is 0.103. The zero-order valence-corrected chi connectivity index (χ0v) is 18.0. The summed E-state index contributed by atoms with van der Waals surface area (Å²) in [6, 6.07) is 20.5. The highest BCUT2D eigenvalue weighted by Crippen LogP contribution is 2.37. The van der Waals surface area contributed by atoms with Gasteiger partial charge in [0.15, 0.2) is 0 Å². The van der Waals surface area contributed by atoms with E-state index in [-0.39, 0.29) is 17.9 Å². The molecule has 6 heteroatoms. The van der Waals surface area contributed by atoms with E-state index in [0.717, 1.165) is 42.3 Å². The highest BCUT2D eigenvalue weighted by molar-refractivity contribution is 6.30. The smallest absolute Gasteiger partial charge is 0.225 e. The summed E-state index contributed by atoms with van der Waals surface area (Å²) >= 11 is 6.08. The molecule has 158 valence electrons. The fourth-order valence-corrected chi connectivity index (χ4v) is 4.89. The summed E-state index contributed by atoms with van der Waals surface area (Å²) in [7, 11) is 0. The first-order valence-corrected chi connectivity index (χ1v) is 11.1. The van der Waals surface area contributed by atoms with Crippen LogP contribution >= 0.6 is 11.6 Å². The zero-order valence-electron chi connectivity index (χ0n) is 17.2. The maximum absolute atomic E-state index is 13.3. The van der Waals surface area contributed by atoms with Crippen LogP contribution in [0, 0.1) is 5.92 Å². The summed E-state index contributed by atoms with van der Waals surface area (Å²) in [5, 5.41) is 3.89. The number of fused-ring (bicyclic) bond motifs is 3. The van der Waals surface area contributed by atoms with Crippen molar-refractivity contribution in [2.45, 2.75) is 19.0 Å². The quantitative estimate of drug-likeness (QED) is 0.678. The lowest BCUT2D eigenvalue weighted by Crippen LogP contribution is -2.61. The van der Waals surface area contributed by atoms with E-state index >= 15 is 0 Å². The van der Waals surface area contributed by atoms with Crippen LogP contribution < -0.4 is 15.1 Å². The lowest BCUT2D eigenvalue weighted by atomic mass is 9.83. The van der Waals surface area contributed by atoms with Crippen molar-refractivity contribution in [3.8, 4) is 0 Å². The van der Waals surface area contributed by atoms with Crippen LogP contribution in [0.25, 0.3) is 0 Å². The molecule has 0 radical (unpaired) electrons. The highest BCUT2D eigenvalue weighted by Gasteiger charge is 2.41. The minimum Gasteiger partial charge on any atom is -0.368 e. The van der Waals surface area contributed by atoms with Crippen LogP contribution in [0.15, 0.2) is 73.1 Å². The van der Waals surface area contributed by atoms with E-state index in [0.29, 0.717) is 6.54 Å². The number of amides is 1. The third-order valence-corrected chi connectivity index (χ3v) is 6.59. The first-order chi connectivity index (χ1) is 15.2. The average Bonchev–Trinajstić information content (AvgIpc) is 2.83. The molecule has 2 aliphatic heterocycles. The van der Waals surface area contributed by atoms with Gasteiger partial charge in [0, 0.05) is 55.0 Å². The summed E-state index contributed by atoms with van der Waals surface area (Å²) in [4.78, 5) is 22.3. The van der Waals surface area contributed by atoms with Gasteiger partial charge in [-0.1, -0.05) is 35.9 Å². The molecule has 0 bridgehead atoms. The van der Waals surface area contributed by atoms with Gasteiger partial charge in [0.2, 0.25) is 5.91 Å². The van der Waals surface area contributed by atoms with E-state index in [2.05, 4.69) is 56.5 Å². The summed E-state index contributed by atoms with van der Waals surface area (Å²) < 4.78 is 0. The molecule has 0 spiro atoms. The predicted octanol–water partition coefficient (Wildman–Crippen LogP) is 3.92. The Kier molecular flexibility index (Phi) is 5.51. The number of hydrogen-bond donors (Lipinski definition) is 1. The van der Waals surface area contributed by atoms with Crippen LogP contribution in [-0.2, 0) is 17.8 Å². The number of pyridine rings is 1. The van der Waals surface area contributed by atoms with Crippen molar-refractivity contribution in [2.24, 2.45) is 5.92 Å². The molecule has 3 heterocycles. The van der Waals surface area contributed by atoms with Crippen molar-refractivity contribution in [2.75, 3.05) is 29.4 Å². The lowest BCUT2D eigenvalue weighted by Gasteiger charge is -2.49. The Morgan fingerprint density at radius 1 is 1.06 bits per heavy atom. The number of benzene rings is 2. The fourth-order valence-electron chi connectivity index (χ4n) is 4.77. The number of rotatable bonds is 4. The Hall–Kier alpha value is -3.05. The summed E-state index contributed by atoms with van der Waals surface area (Å²) in [5.74, 6) is -0.00650. The van der Waals surface area contributed by atoms with Crippen molar-refractivity contribution in [1.29, 1.82) is 0 Å². The number of anilines is 2. The average molecular weight is 433 g/mol. The molecule has 2 aromatic carbocycles. The third-order valence-electron chi connectivity index (χ3n) is 6.34. The maximum atomic E-state index is 13.3. The number of hydrogen-bond acceptors (Lipinski definition) is 4. The molecule has 1 fully saturated rings. The second kappa shape index (κ2) is 8.60. The highest BCUT2D eigenvalue weighted by atomic mass is 35.5. The van der Waals surface area contributed by atoms with Crippen molar-refractivity contribution in [3.63, 3.8) is 0 Å². The van der Waals surface area contributed by atoms with E-state index in [9.17, 15) is 4.79 Å². The molecule has 2 aliphatic rings. The Morgan fingerprint density at radius 3 is 2.71 bits per heavy atom. The lowest BCUT2D eigenvalue weighted by molar-refractivity contribution is -0.126. The fraction of sp³-hybridized carbons (Fsp3) is 0.280. The van der Waals surface area contributed by atoms with Gasteiger partial charge in [0.25, 0.3) is 0 Å². The number of nitrogens with zero attached hydrogens (tertiary/aromatic N) is 3. The molecule has 0 saturated carbocycles. The van der Waals surface area contributed by atoms with Gasteiger partial charge in [-0.15, -0.1) is 0 Å². The van der Waals surface area contributed by atoms with Gasteiger partial charge in [-0.05, 0) is 53.9 Å². The number of nitrogens with one attached hydrogen (secondary N) is 1. The SMILES string of the molecule is O=C(NCc1cccnc1)[C@@H]1Cc2ccccc2N2CCN(c3ccc(Cl)cc3)C[C@H]12.